The smallest absolute Gasteiger partial charge is 0.243 e. The number of benzene rings is 1. The summed E-state index contributed by atoms with van der Waals surface area (Å²) in [5, 5.41) is 8.39. The van der Waals surface area contributed by atoms with Crippen molar-refractivity contribution in [2.75, 3.05) is 31.1 Å². The Morgan fingerprint density at radius 1 is 1.04 bits per heavy atom. The maximum atomic E-state index is 13.3. The lowest BCUT2D eigenvalue weighted by atomic mass is 10.2. The van der Waals surface area contributed by atoms with Crippen LogP contribution in [0.25, 0.3) is 0 Å². The van der Waals surface area contributed by atoms with Gasteiger partial charge in [-0.1, -0.05) is 11.6 Å². The zero-order chi connectivity index (χ0) is 18.3. The first-order valence-corrected chi connectivity index (χ1v) is 10.3. The minimum absolute atomic E-state index is 0.00896. The average molecular weight is 397 g/mol. The van der Waals surface area contributed by atoms with Gasteiger partial charge in [-0.3, -0.25) is 0 Å². The van der Waals surface area contributed by atoms with Crippen molar-refractivity contribution in [3.63, 3.8) is 0 Å². The van der Waals surface area contributed by atoms with Crippen LogP contribution in [0.1, 0.15) is 17.7 Å². The molecule has 0 spiro atoms. The van der Waals surface area contributed by atoms with Crippen molar-refractivity contribution in [1.29, 1.82) is 0 Å². The summed E-state index contributed by atoms with van der Waals surface area (Å²) < 4.78 is 40.2. The van der Waals surface area contributed by atoms with Gasteiger partial charge in [0.2, 0.25) is 10.0 Å². The molecule has 0 unspecified atom stereocenters. The Morgan fingerprint density at radius 2 is 1.81 bits per heavy atom. The van der Waals surface area contributed by atoms with Crippen molar-refractivity contribution >= 4 is 27.4 Å². The van der Waals surface area contributed by atoms with Crippen LogP contribution in [0, 0.1) is 5.82 Å². The molecule has 2 heterocycles. The molecule has 1 fully saturated rings. The van der Waals surface area contributed by atoms with Crippen LogP contribution in [-0.2, 0) is 22.9 Å². The van der Waals surface area contributed by atoms with E-state index in [1.54, 1.807) is 0 Å². The van der Waals surface area contributed by atoms with Crippen molar-refractivity contribution in [3.8, 4) is 0 Å². The van der Waals surface area contributed by atoms with Gasteiger partial charge in [-0.15, -0.1) is 5.10 Å². The van der Waals surface area contributed by atoms with Gasteiger partial charge < -0.3 is 4.90 Å². The lowest BCUT2D eigenvalue weighted by molar-refractivity contribution is 0.383. The van der Waals surface area contributed by atoms with Gasteiger partial charge in [0.25, 0.3) is 0 Å². The Balaban J connectivity index is 1.48. The Labute approximate surface area is 156 Å². The number of hydrogen-bond acceptors (Lipinski definition) is 5. The number of aromatic nitrogens is 2. The van der Waals surface area contributed by atoms with Crippen LogP contribution in [0.15, 0.2) is 29.2 Å². The fourth-order valence-corrected chi connectivity index (χ4v) is 5.11. The van der Waals surface area contributed by atoms with E-state index in [2.05, 4.69) is 21.2 Å². The highest BCUT2D eigenvalue weighted by atomic mass is 35.5. The zero-order valence-electron chi connectivity index (χ0n) is 14.0. The molecule has 2 aromatic rings. The predicted octanol–water partition coefficient (Wildman–Crippen LogP) is 2.27. The summed E-state index contributed by atoms with van der Waals surface area (Å²) in [7, 11) is -3.70. The maximum absolute atomic E-state index is 13.3. The summed E-state index contributed by atoms with van der Waals surface area (Å²) in [6.45, 7) is 1.72. The van der Waals surface area contributed by atoms with E-state index in [-0.39, 0.29) is 9.92 Å². The van der Waals surface area contributed by atoms with E-state index in [0.29, 0.717) is 26.2 Å². The molecule has 1 aliphatic heterocycles. The van der Waals surface area contributed by atoms with Crippen LogP contribution in [0.5, 0.6) is 0 Å². The molecule has 2 aliphatic rings. The number of rotatable bonds is 3. The topological polar surface area (TPSA) is 66.4 Å². The molecule has 1 saturated heterocycles. The molecule has 1 aromatic carbocycles. The summed E-state index contributed by atoms with van der Waals surface area (Å²) in [5.74, 6) is 0.165. The van der Waals surface area contributed by atoms with Gasteiger partial charge in [-0.25, -0.2) is 12.8 Å². The summed E-state index contributed by atoms with van der Waals surface area (Å²) in [4.78, 5) is 2.06. The SMILES string of the molecule is O=S(=O)(c1ccc(F)c(Cl)c1)N1CCN(c2cc3c(nn2)CCC3)CC1. The molecule has 4 rings (SSSR count). The fourth-order valence-electron chi connectivity index (χ4n) is 3.42. The van der Waals surface area contributed by atoms with Crippen LogP contribution in [0.4, 0.5) is 10.2 Å². The molecule has 0 atom stereocenters. The first-order chi connectivity index (χ1) is 12.4. The number of hydrogen-bond donors (Lipinski definition) is 0. The quantitative estimate of drug-likeness (QED) is 0.796. The molecule has 0 bridgehead atoms. The number of aryl methyl sites for hydroxylation is 2. The number of piperazine rings is 1. The number of fused-ring (bicyclic) bond motifs is 1. The number of halogens is 2. The highest BCUT2D eigenvalue weighted by Gasteiger charge is 2.30. The lowest BCUT2D eigenvalue weighted by Crippen LogP contribution is -2.49. The molecule has 138 valence electrons. The summed E-state index contributed by atoms with van der Waals surface area (Å²) in [6, 6.07) is 5.55. The third-order valence-corrected chi connectivity index (χ3v) is 7.08. The normalized spacial score (nSPS) is 18.2. The monoisotopic (exact) mass is 396 g/mol. The second-order valence-electron chi connectivity index (χ2n) is 6.50. The van der Waals surface area contributed by atoms with E-state index < -0.39 is 15.8 Å². The van der Waals surface area contributed by atoms with E-state index in [4.69, 9.17) is 11.6 Å². The summed E-state index contributed by atoms with van der Waals surface area (Å²) in [5.41, 5.74) is 2.31. The maximum Gasteiger partial charge on any atom is 0.243 e. The van der Waals surface area contributed by atoms with Gasteiger partial charge in [-0.05, 0) is 49.1 Å². The van der Waals surface area contributed by atoms with Crippen LogP contribution >= 0.6 is 11.6 Å². The third-order valence-electron chi connectivity index (χ3n) is 4.90. The molecule has 0 saturated carbocycles. The molecule has 0 radical (unpaired) electrons. The number of nitrogens with zero attached hydrogens (tertiary/aromatic N) is 4. The molecule has 1 aromatic heterocycles. The van der Waals surface area contributed by atoms with Crippen molar-refractivity contribution in [2.24, 2.45) is 0 Å². The Kier molecular flexibility index (Phi) is 4.58. The van der Waals surface area contributed by atoms with Crippen molar-refractivity contribution in [2.45, 2.75) is 24.2 Å². The molecule has 0 N–H and O–H groups in total. The summed E-state index contributed by atoms with van der Waals surface area (Å²) >= 11 is 5.73. The Morgan fingerprint density at radius 3 is 2.54 bits per heavy atom. The van der Waals surface area contributed by atoms with Crippen LogP contribution in [0.2, 0.25) is 5.02 Å². The largest absolute Gasteiger partial charge is 0.352 e. The molecule has 6 nitrogen and oxygen atoms in total. The third kappa shape index (κ3) is 3.17. The zero-order valence-corrected chi connectivity index (χ0v) is 15.6. The van der Waals surface area contributed by atoms with Crippen LogP contribution in [0.3, 0.4) is 0 Å². The second kappa shape index (κ2) is 6.75. The molecule has 26 heavy (non-hydrogen) atoms. The van der Waals surface area contributed by atoms with Crippen LogP contribution < -0.4 is 4.90 Å². The predicted molar refractivity (Wildman–Crippen MR) is 96.4 cm³/mol. The van der Waals surface area contributed by atoms with Gasteiger partial charge in [0.05, 0.1) is 15.6 Å². The molecular formula is C17H18ClFN4O2S. The van der Waals surface area contributed by atoms with E-state index in [1.165, 1.54) is 15.9 Å². The average Bonchev–Trinajstić information content (AvgIpc) is 3.11. The number of sulfonamides is 1. The lowest BCUT2D eigenvalue weighted by Gasteiger charge is -2.34. The number of anilines is 1. The van der Waals surface area contributed by atoms with Crippen molar-refractivity contribution in [3.05, 3.63) is 46.4 Å². The van der Waals surface area contributed by atoms with E-state index in [1.807, 2.05) is 0 Å². The first-order valence-electron chi connectivity index (χ1n) is 8.51. The van der Waals surface area contributed by atoms with Gasteiger partial charge >= 0.3 is 0 Å². The van der Waals surface area contributed by atoms with Gasteiger partial charge in [0, 0.05) is 26.2 Å². The fraction of sp³-hybridized carbons (Fsp3) is 0.412. The minimum Gasteiger partial charge on any atom is -0.352 e. The van der Waals surface area contributed by atoms with E-state index in [0.717, 1.165) is 42.9 Å². The van der Waals surface area contributed by atoms with E-state index >= 15 is 0 Å². The van der Waals surface area contributed by atoms with Crippen molar-refractivity contribution in [1.82, 2.24) is 14.5 Å². The highest BCUT2D eigenvalue weighted by Crippen LogP contribution is 2.26. The molecule has 1 aliphatic carbocycles. The molecule has 9 heteroatoms. The molecular weight excluding hydrogens is 379 g/mol. The standard InChI is InChI=1S/C17H18ClFN4O2S/c18-14-11-13(4-5-15(14)19)26(24,25)23-8-6-22(7-9-23)17-10-12-2-1-3-16(12)20-21-17/h4-5,10-11H,1-3,6-9H2. The first kappa shape index (κ1) is 17.6. The minimum atomic E-state index is -3.70. The van der Waals surface area contributed by atoms with Gasteiger partial charge in [-0.2, -0.15) is 9.40 Å². The molecule has 0 amide bonds. The summed E-state index contributed by atoms with van der Waals surface area (Å²) in [6.07, 6.45) is 3.12. The Hall–Kier alpha value is -1.77. The van der Waals surface area contributed by atoms with Crippen molar-refractivity contribution < 1.29 is 12.8 Å². The van der Waals surface area contributed by atoms with Gasteiger partial charge in [0.1, 0.15) is 5.82 Å². The van der Waals surface area contributed by atoms with E-state index in [9.17, 15) is 12.8 Å². The Bertz CT molecular complexity index is 946. The highest BCUT2D eigenvalue weighted by molar-refractivity contribution is 7.89. The van der Waals surface area contributed by atoms with Gasteiger partial charge in [0.15, 0.2) is 5.82 Å². The van der Waals surface area contributed by atoms with Crippen LogP contribution in [-0.4, -0.2) is 49.1 Å². The second-order valence-corrected chi connectivity index (χ2v) is 8.84.